The van der Waals surface area contributed by atoms with Gasteiger partial charge in [-0.1, -0.05) is 17.7 Å². The fourth-order valence-corrected chi connectivity index (χ4v) is 1.77. The van der Waals surface area contributed by atoms with Crippen molar-refractivity contribution in [2.24, 2.45) is 0 Å². The lowest BCUT2D eigenvalue weighted by Gasteiger charge is -2.23. The lowest BCUT2D eigenvalue weighted by Crippen LogP contribution is -2.36. The van der Waals surface area contributed by atoms with Crippen LogP contribution in [0.3, 0.4) is 0 Å². The van der Waals surface area contributed by atoms with E-state index in [-0.39, 0.29) is 5.60 Å². The maximum atomic E-state index is 5.92. The van der Waals surface area contributed by atoms with Crippen LogP contribution in [0.15, 0.2) is 22.7 Å². The highest BCUT2D eigenvalue weighted by Crippen LogP contribution is 2.23. The van der Waals surface area contributed by atoms with E-state index in [1.807, 2.05) is 18.2 Å². The van der Waals surface area contributed by atoms with Gasteiger partial charge in [0.15, 0.2) is 0 Å². The summed E-state index contributed by atoms with van der Waals surface area (Å²) < 4.78 is 6.26. The smallest absolute Gasteiger partial charge is 0.0746 e. The van der Waals surface area contributed by atoms with E-state index < -0.39 is 0 Å². The van der Waals surface area contributed by atoms with Crippen molar-refractivity contribution in [1.29, 1.82) is 0 Å². The van der Waals surface area contributed by atoms with Crippen molar-refractivity contribution in [3.63, 3.8) is 0 Å². The molecule has 2 nitrogen and oxygen atoms in total. The van der Waals surface area contributed by atoms with Crippen molar-refractivity contribution in [3.8, 4) is 0 Å². The number of benzene rings is 1. The number of nitrogens with one attached hydrogen (secondary N) is 1. The third kappa shape index (κ3) is 4.42. The van der Waals surface area contributed by atoms with E-state index in [0.717, 1.165) is 22.6 Å². The molecular weight excluding hydrogens is 289 g/mol. The molecular formula is C12H17BrClNO. The van der Waals surface area contributed by atoms with Crippen molar-refractivity contribution in [2.45, 2.75) is 26.0 Å². The highest BCUT2D eigenvalue weighted by atomic mass is 79.9. The Hall–Kier alpha value is -0.0900. The summed E-state index contributed by atoms with van der Waals surface area (Å²) in [6, 6.07) is 5.93. The maximum Gasteiger partial charge on any atom is 0.0746 e. The number of hydrogen-bond donors (Lipinski definition) is 1. The topological polar surface area (TPSA) is 21.3 Å². The van der Waals surface area contributed by atoms with Gasteiger partial charge in [0.05, 0.1) is 10.6 Å². The molecule has 0 saturated carbocycles. The molecule has 0 unspecified atom stereocenters. The summed E-state index contributed by atoms with van der Waals surface area (Å²) in [6.45, 7) is 5.72. The van der Waals surface area contributed by atoms with Crippen LogP contribution in [0.2, 0.25) is 5.02 Å². The number of hydrogen-bond acceptors (Lipinski definition) is 2. The van der Waals surface area contributed by atoms with Crippen LogP contribution in [-0.4, -0.2) is 19.3 Å². The molecule has 1 aromatic carbocycles. The van der Waals surface area contributed by atoms with Gasteiger partial charge in [-0.2, -0.15) is 0 Å². The number of ether oxygens (including phenoxy) is 1. The molecule has 4 heteroatoms. The van der Waals surface area contributed by atoms with Gasteiger partial charge in [-0.15, -0.1) is 0 Å². The highest BCUT2D eigenvalue weighted by molar-refractivity contribution is 9.10. The maximum absolute atomic E-state index is 5.92. The molecule has 1 rings (SSSR count). The van der Waals surface area contributed by atoms with E-state index in [1.165, 1.54) is 5.56 Å². The molecule has 0 radical (unpaired) electrons. The second-order valence-corrected chi connectivity index (χ2v) is 5.58. The fourth-order valence-electron chi connectivity index (χ4n) is 1.23. The van der Waals surface area contributed by atoms with Crippen LogP contribution in [0.1, 0.15) is 19.4 Å². The van der Waals surface area contributed by atoms with Crippen LogP contribution in [0, 0.1) is 0 Å². The van der Waals surface area contributed by atoms with Crippen LogP contribution in [0.5, 0.6) is 0 Å². The molecule has 0 fully saturated rings. The first kappa shape index (κ1) is 14.0. The summed E-state index contributed by atoms with van der Waals surface area (Å²) in [5, 5.41) is 4.09. The molecule has 0 aliphatic carbocycles. The van der Waals surface area contributed by atoms with E-state index in [2.05, 4.69) is 35.1 Å². The first-order chi connectivity index (χ1) is 7.44. The van der Waals surface area contributed by atoms with Gasteiger partial charge in [-0.3, -0.25) is 0 Å². The summed E-state index contributed by atoms with van der Waals surface area (Å²) in [5.74, 6) is 0. The average Bonchev–Trinajstić information content (AvgIpc) is 2.23. The minimum atomic E-state index is -0.135. The van der Waals surface area contributed by atoms with Gasteiger partial charge in [0.25, 0.3) is 0 Å². The van der Waals surface area contributed by atoms with Gasteiger partial charge in [-0.05, 0) is 47.5 Å². The number of rotatable bonds is 5. The zero-order chi connectivity index (χ0) is 12.2. The van der Waals surface area contributed by atoms with Gasteiger partial charge in [0, 0.05) is 24.7 Å². The summed E-state index contributed by atoms with van der Waals surface area (Å²) >= 11 is 9.33. The van der Waals surface area contributed by atoms with Crippen molar-refractivity contribution in [1.82, 2.24) is 5.32 Å². The number of halogens is 2. The predicted molar refractivity (Wildman–Crippen MR) is 71.9 cm³/mol. The minimum Gasteiger partial charge on any atom is -0.377 e. The van der Waals surface area contributed by atoms with Crippen LogP contribution < -0.4 is 5.32 Å². The monoisotopic (exact) mass is 305 g/mol. The van der Waals surface area contributed by atoms with E-state index in [9.17, 15) is 0 Å². The molecule has 0 saturated heterocycles. The highest BCUT2D eigenvalue weighted by Gasteiger charge is 2.14. The third-order valence-corrected chi connectivity index (χ3v) is 3.63. The van der Waals surface area contributed by atoms with Crippen LogP contribution >= 0.6 is 27.5 Å². The Morgan fingerprint density at radius 3 is 2.69 bits per heavy atom. The predicted octanol–water partition coefficient (Wildman–Crippen LogP) is 3.62. The largest absolute Gasteiger partial charge is 0.377 e. The molecule has 16 heavy (non-hydrogen) atoms. The van der Waals surface area contributed by atoms with Crippen LogP contribution in [-0.2, 0) is 11.3 Å². The lowest BCUT2D eigenvalue weighted by atomic mass is 10.1. The molecule has 0 aliphatic rings. The SMILES string of the molecule is COC(C)(C)CNCc1ccc(Cl)c(Br)c1. The van der Waals surface area contributed by atoms with Gasteiger partial charge in [0.1, 0.15) is 0 Å². The van der Waals surface area contributed by atoms with Crippen molar-refractivity contribution in [3.05, 3.63) is 33.3 Å². The number of methoxy groups -OCH3 is 1. The van der Waals surface area contributed by atoms with Crippen molar-refractivity contribution >= 4 is 27.5 Å². The molecule has 0 atom stereocenters. The van der Waals surface area contributed by atoms with Gasteiger partial charge in [-0.25, -0.2) is 0 Å². The first-order valence-corrected chi connectivity index (χ1v) is 6.31. The lowest BCUT2D eigenvalue weighted by molar-refractivity contribution is 0.0230. The summed E-state index contributed by atoms with van der Waals surface area (Å²) in [4.78, 5) is 0. The Morgan fingerprint density at radius 1 is 1.44 bits per heavy atom. The molecule has 0 heterocycles. The zero-order valence-electron chi connectivity index (χ0n) is 9.81. The second-order valence-electron chi connectivity index (χ2n) is 4.32. The summed E-state index contributed by atoms with van der Waals surface area (Å²) in [5.41, 5.74) is 1.06. The molecule has 1 aromatic rings. The quantitative estimate of drug-likeness (QED) is 0.897. The molecule has 0 aliphatic heterocycles. The Morgan fingerprint density at radius 2 is 2.12 bits per heavy atom. The summed E-state index contributed by atoms with van der Waals surface area (Å²) in [6.07, 6.45) is 0. The fraction of sp³-hybridized carbons (Fsp3) is 0.500. The summed E-state index contributed by atoms with van der Waals surface area (Å²) in [7, 11) is 1.72. The van der Waals surface area contributed by atoms with Crippen LogP contribution in [0.4, 0.5) is 0 Å². The van der Waals surface area contributed by atoms with E-state index in [0.29, 0.717) is 0 Å². The first-order valence-electron chi connectivity index (χ1n) is 5.14. The Labute approximate surface area is 110 Å². The second kappa shape index (κ2) is 6.01. The molecule has 90 valence electrons. The molecule has 0 amide bonds. The third-order valence-electron chi connectivity index (χ3n) is 2.42. The standard InChI is InChI=1S/C12H17BrClNO/c1-12(2,16-3)8-15-7-9-4-5-11(14)10(13)6-9/h4-6,15H,7-8H2,1-3H3. The zero-order valence-corrected chi connectivity index (χ0v) is 12.2. The van der Waals surface area contributed by atoms with Gasteiger partial charge >= 0.3 is 0 Å². The average molecular weight is 307 g/mol. The Kier molecular flexibility index (Phi) is 5.25. The van der Waals surface area contributed by atoms with E-state index in [1.54, 1.807) is 7.11 Å². The van der Waals surface area contributed by atoms with Gasteiger partial charge < -0.3 is 10.1 Å². The van der Waals surface area contributed by atoms with Crippen molar-refractivity contribution in [2.75, 3.05) is 13.7 Å². The Bertz CT molecular complexity index is 355. The van der Waals surface area contributed by atoms with Gasteiger partial charge in [0.2, 0.25) is 0 Å². The molecule has 1 N–H and O–H groups in total. The van der Waals surface area contributed by atoms with E-state index in [4.69, 9.17) is 16.3 Å². The van der Waals surface area contributed by atoms with Crippen LogP contribution in [0.25, 0.3) is 0 Å². The van der Waals surface area contributed by atoms with E-state index >= 15 is 0 Å². The Balaban J connectivity index is 2.46. The normalized spacial score (nSPS) is 11.8. The molecule has 0 bridgehead atoms. The molecule has 0 spiro atoms. The van der Waals surface area contributed by atoms with Crippen molar-refractivity contribution < 1.29 is 4.74 Å². The minimum absolute atomic E-state index is 0.135. The molecule has 0 aromatic heterocycles.